The molecule has 0 radical (unpaired) electrons. The van der Waals surface area contributed by atoms with Crippen molar-refractivity contribution in [1.29, 1.82) is 0 Å². The number of anilines is 2. The van der Waals surface area contributed by atoms with Crippen LogP contribution >= 0.6 is 0 Å². The molecule has 5 rings (SSSR count). The first kappa shape index (κ1) is 32.4. The molecule has 238 valence electrons. The number of allylic oxidation sites excluding steroid dienone is 4. The van der Waals surface area contributed by atoms with Crippen molar-refractivity contribution in [3.8, 4) is 11.4 Å². The molecular formula is C36H39N5O4S. The Hall–Kier alpha value is -4.96. The number of aromatic nitrogens is 2. The zero-order valence-electron chi connectivity index (χ0n) is 26.5. The number of carbonyl (C=O) groups is 1. The second kappa shape index (κ2) is 14.4. The van der Waals surface area contributed by atoms with E-state index < -0.39 is 15.9 Å². The van der Waals surface area contributed by atoms with Gasteiger partial charge in [0, 0.05) is 36.3 Å². The number of hydrogen-bond acceptors (Lipinski definition) is 8. The van der Waals surface area contributed by atoms with Gasteiger partial charge in [0.1, 0.15) is 0 Å². The van der Waals surface area contributed by atoms with Crippen molar-refractivity contribution in [2.45, 2.75) is 44.6 Å². The van der Waals surface area contributed by atoms with E-state index >= 15 is 0 Å². The average molecular weight is 638 g/mol. The maximum atomic E-state index is 13.0. The fraction of sp³-hybridized carbons (Fsp3) is 0.250. The van der Waals surface area contributed by atoms with Crippen molar-refractivity contribution < 1.29 is 17.7 Å². The summed E-state index contributed by atoms with van der Waals surface area (Å²) in [4.78, 5) is 20.0. The van der Waals surface area contributed by atoms with E-state index in [1.165, 1.54) is 17.7 Å². The summed E-state index contributed by atoms with van der Waals surface area (Å²) in [7, 11) is -1.94. The number of sulfonamides is 1. The number of rotatable bonds is 12. The number of nitrogens with zero attached hydrogens (tertiary/aromatic N) is 3. The highest BCUT2D eigenvalue weighted by atomic mass is 32.2. The van der Waals surface area contributed by atoms with E-state index in [0.29, 0.717) is 23.7 Å². The minimum atomic E-state index is -4.04. The molecule has 0 saturated carbocycles. The van der Waals surface area contributed by atoms with Crippen LogP contribution < -0.4 is 14.9 Å². The highest BCUT2D eigenvalue weighted by molar-refractivity contribution is 7.90. The van der Waals surface area contributed by atoms with E-state index in [4.69, 9.17) is 4.52 Å². The van der Waals surface area contributed by atoms with Gasteiger partial charge in [-0.1, -0.05) is 79.7 Å². The lowest BCUT2D eigenvalue weighted by atomic mass is 10.1. The van der Waals surface area contributed by atoms with Crippen molar-refractivity contribution in [1.82, 2.24) is 14.9 Å². The molecule has 9 nitrogen and oxygen atoms in total. The van der Waals surface area contributed by atoms with Gasteiger partial charge in [-0.25, -0.2) is 13.1 Å². The monoisotopic (exact) mass is 637 g/mol. The molecule has 0 saturated heterocycles. The molecule has 1 aromatic heterocycles. The summed E-state index contributed by atoms with van der Waals surface area (Å²) in [5, 5.41) is 7.95. The topological polar surface area (TPSA) is 117 Å². The van der Waals surface area contributed by atoms with E-state index in [2.05, 4.69) is 71.1 Å². The smallest absolute Gasteiger partial charge is 0.265 e. The third-order valence-corrected chi connectivity index (χ3v) is 9.05. The number of hydrogen-bond donors (Lipinski definition) is 2. The van der Waals surface area contributed by atoms with Gasteiger partial charge >= 0.3 is 0 Å². The van der Waals surface area contributed by atoms with Gasteiger partial charge in [-0.2, -0.15) is 4.98 Å². The summed E-state index contributed by atoms with van der Waals surface area (Å²) in [6, 6.07) is 24.2. The largest absolute Gasteiger partial charge is 0.377 e. The van der Waals surface area contributed by atoms with Gasteiger partial charge in [-0.3, -0.25) is 4.79 Å². The van der Waals surface area contributed by atoms with Crippen LogP contribution in [0, 0.1) is 5.92 Å². The lowest BCUT2D eigenvalue weighted by Gasteiger charge is -2.26. The maximum absolute atomic E-state index is 13.0. The summed E-state index contributed by atoms with van der Waals surface area (Å²) < 4.78 is 33.3. The van der Waals surface area contributed by atoms with Gasteiger partial charge in [0.25, 0.3) is 21.8 Å². The second-order valence-electron chi connectivity index (χ2n) is 11.7. The van der Waals surface area contributed by atoms with Crippen LogP contribution in [0.3, 0.4) is 0 Å². The molecule has 10 heteroatoms. The lowest BCUT2D eigenvalue weighted by molar-refractivity contribution is -0.115. The Balaban J connectivity index is 1.40. The van der Waals surface area contributed by atoms with Crippen molar-refractivity contribution in [3.63, 3.8) is 0 Å². The predicted molar refractivity (Wildman–Crippen MR) is 183 cm³/mol. The van der Waals surface area contributed by atoms with Crippen LogP contribution in [0.5, 0.6) is 0 Å². The number of amides is 1. The normalized spacial score (nSPS) is 13.8. The molecule has 1 aliphatic carbocycles. The molecule has 0 spiro atoms. The Labute approximate surface area is 270 Å². The Morgan fingerprint density at radius 3 is 2.43 bits per heavy atom. The summed E-state index contributed by atoms with van der Waals surface area (Å²) in [6.07, 6.45) is 8.16. The number of benzene rings is 3. The SMILES string of the molecule is CC(C)CCN(C)c1ccc(-c2noc(C3=CC(C(=O)NS(=O)(=O)c4ccccc4)=CC=CC3)n2)cc1NC(C)c1ccccc1. The van der Waals surface area contributed by atoms with E-state index in [1.54, 1.807) is 36.4 Å². The van der Waals surface area contributed by atoms with Crippen LogP contribution in [0.25, 0.3) is 17.0 Å². The van der Waals surface area contributed by atoms with E-state index in [9.17, 15) is 13.2 Å². The highest BCUT2D eigenvalue weighted by Gasteiger charge is 2.22. The first-order chi connectivity index (χ1) is 22.1. The van der Waals surface area contributed by atoms with Crippen molar-refractivity contribution in [2.24, 2.45) is 5.92 Å². The summed E-state index contributed by atoms with van der Waals surface area (Å²) in [6.45, 7) is 7.48. The van der Waals surface area contributed by atoms with Gasteiger partial charge in [-0.05, 0) is 73.7 Å². The van der Waals surface area contributed by atoms with Crippen LogP contribution in [0.2, 0.25) is 0 Å². The first-order valence-electron chi connectivity index (χ1n) is 15.3. The van der Waals surface area contributed by atoms with Crippen LogP contribution in [0.15, 0.2) is 118 Å². The fourth-order valence-electron chi connectivity index (χ4n) is 5.02. The average Bonchev–Trinajstić information content (AvgIpc) is 3.42. The molecule has 1 unspecified atom stereocenters. The van der Waals surface area contributed by atoms with Crippen LogP contribution in [-0.4, -0.2) is 38.1 Å². The molecule has 2 N–H and O–H groups in total. The number of carbonyl (C=O) groups excluding carboxylic acids is 1. The Bertz CT molecular complexity index is 1860. The van der Waals surface area contributed by atoms with E-state index in [1.807, 2.05) is 36.4 Å². The Morgan fingerprint density at radius 2 is 1.72 bits per heavy atom. The third kappa shape index (κ3) is 8.00. The Kier molecular flexibility index (Phi) is 10.2. The van der Waals surface area contributed by atoms with Gasteiger partial charge in [0.15, 0.2) is 0 Å². The predicted octanol–water partition coefficient (Wildman–Crippen LogP) is 7.17. The Morgan fingerprint density at radius 1 is 1.00 bits per heavy atom. The van der Waals surface area contributed by atoms with Crippen LogP contribution in [0.1, 0.15) is 51.1 Å². The molecule has 1 atom stereocenters. The highest BCUT2D eigenvalue weighted by Crippen LogP contribution is 2.34. The van der Waals surface area contributed by atoms with Crippen LogP contribution in [0.4, 0.5) is 11.4 Å². The lowest BCUT2D eigenvalue weighted by Crippen LogP contribution is -2.31. The zero-order chi connectivity index (χ0) is 32.7. The summed E-state index contributed by atoms with van der Waals surface area (Å²) in [5.74, 6) is 0.476. The van der Waals surface area contributed by atoms with Gasteiger partial charge in [0.05, 0.1) is 16.3 Å². The minimum Gasteiger partial charge on any atom is -0.377 e. The second-order valence-corrected chi connectivity index (χ2v) is 13.4. The van der Waals surface area contributed by atoms with Gasteiger partial charge in [-0.15, -0.1) is 0 Å². The van der Waals surface area contributed by atoms with Gasteiger partial charge in [0.2, 0.25) is 5.82 Å². The summed E-state index contributed by atoms with van der Waals surface area (Å²) in [5.41, 5.74) is 4.70. The molecule has 1 heterocycles. The molecule has 0 bridgehead atoms. The van der Waals surface area contributed by atoms with Crippen molar-refractivity contribution >= 4 is 32.9 Å². The fourth-order valence-corrected chi connectivity index (χ4v) is 6.01. The third-order valence-electron chi connectivity index (χ3n) is 7.70. The van der Waals surface area contributed by atoms with E-state index in [-0.39, 0.29) is 22.4 Å². The van der Waals surface area contributed by atoms with Crippen molar-refractivity contribution in [2.75, 3.05) is 23.8 Å². The first-order valence-corrected chi connectivity index (χ1v) is 16.8. The molecule has 0 fully saturated rings. The van der Waals surface area contributed by atoms with Gasteiger partial charge < -0.3 is 14.7 Å². The molecule has 0 aliphatic heterocycles. The zero-order valence-corrected chi connectivity index (χ0v) is 27.3. The molecule has 1 amide bonds. The molecular weight excluding hydrogens is 598 g/mol. The molecule has 4 aromatic rings. The van der Waals surface area contributed by atoms with Crippen LogP contribution in [-0.2, 0) is 14.8 Å². The maximum Gasteiger partial charge on any atom is 0.265 e. The van der Waals surface area contributed by atoms with Crippen molar-refractivity contribution in [3.05, 3.63) is 120 Å². The standard InChI is InChI=1S/C36H39N5O4S/c1-25(2)21-22-41(4)33-20-19-28(24-32(33)37-26(3)27-13-7-5-8-14-27)34-38-36(45-39-34)30-16-12-11-15-29(23-30)35(42)40-46(43,44)31-17-9-6-10-18-31/h5-15,17-20,23-26,37H,16,21-22H2,1-4H3,(H,40,42). The molecule has 46 heavy (non-hydrogen) atoms. The molecule has 1 aliphatic rings. The van der Waals surface area contributed by atoms with E-state index in [0.717, 1.165) is 29.9 Å². The minimum absolute atomic E-state index is 0.00279. The summed E-state index contributed by atoms with van der Waals surface area (Å²) >= 11 is 0. The molecule has 3 aromatic carbocycles. The number of nitrogens with one attached hydrogen (secondary N) is 2. The quantitative estimate of drug-likeness (QED) is 0.168.